The minimum absolute atomic E-state index is 0.0344. The second-order valence-electron chi connectivity index (χ2n) is 7.27. The molecule has 6 heteroatoms. The number of methoxy groups -OCH3 is 2. The highest BCUT2D eigenvalue weighted by Gasteiger charge is 2.11. The van der Waals surface area contributed by atoms with Gasteiger partial charge in [-0.3, -0.25) is 9.59 Å². The number of rotatable bonds is 7. The topological polar surface area (TPSA) is 69.6 Å². The van der Waals surface area contributed by atoms with E-state index in [2.05, 4.69) is 9.88 Å². The van der Waals surface area contributed by atoms with E-state index in [1.54, 1.807) is 32.4 Å². The number of para-hydroxylation sites is 2. The molecule has 0 radical (unpaired) electrons. The van der Waals surface area contributed by atoms with Gasteiger partial charge in [-0.05, 0) is 30.7 Å². The molecule has 3 aromatic carbocycles. The Morgan fingerprint density at radius 1 is 0.871 bits per heavy atom. The lowest BCUT2D eigenvalue weighted by molar-refractivity contribution is -0.116. The maximum absolute atomic E-state index is 12.8. The van der Waals surface area contributed by atoms with Crippen LogP contribution in [0, 0.1) is 0 Å². The Bertz CT molecular complexity index is 1230. The Morgan fingerprint density at radius 3 is 1.97 bits per heavy atom. The molecular formula is C25H24N2O4. The Balaban J connectivity index is 1.53. The van der Waals surface area contributed by atoms with Crippen molar-refractivity contribution in [1.82, 2.24) is 4.57 Å². The van der Waals surface area contributed by atoms with Gasteiger partial charge in [0.05, 0.1) is 25.3 Å². The monoisotopic (exact) mass is 416 g/mol. The summed E-state index contributed by atoms with van der Waals surface area (Å²) in [5, 5.41) is 4.28. The normalized spacial score (nSPS) is 10.9. The van der Waals surface area contributed by atoms with Gasteiger partial charge in [-0.25, -0.2) is 0 Å². The molecule has 1 amide bonds. The number of carbonyl (C=O) groups excluding carboxylic acids is 1. The number of nitrogens with zero attached hydrogens (tertiary/aromatic N) is 1. The number of fused-ring (bicyclic) bond motifs is 2. The number of hydrogen-bond donors (Lipinski definition) is 1. The largest absolute Gasteiger partial charge is 0.497 e. The highest BCUT2D eigenvalue weighted by atomic mass is 16.5. The Hall–Kier alpha value is -3.80. The lowest BCUT2D eigenvalue weighted by atomic mass is 10.1. The average Bonchev–Trinajstić information content (AvgIpc) is 2.81. The second-order valence-corrected chi connectivity index (χ2v) is 7.27. The van der Waals surface area contributed by atoms with Gasteiger partial charge in [0.1, 0.15) is 11.5 Å². The SMILES string of the molecule is COc1cc(NC(=O)CCCn2c3ccccc3c(=O)c3ccccc32)cc(OC)c1. The third-order valence-electron chi connectivity index (χ3n) is 5.30. The van der Waals surface area contributed by atoms with Crippen molar-refractivity contribution >= 4 is 33.4 Å². The van der Waals surface area contributed by atoms with E-state index in [9.17, 15) is 9.59 Å². The number of amides is 1. The van der Waals surface area contributed by atoms with E-state index >= 15 is 0 Å². The van der Waals surface area contributed by atoms with Crippen molar-refractivity contribution in [1.29, 1.82) is 0 Å². The van der Waals surface area contributed by atoms with Gasteiger partial charge in [-0.1, -0.05) is 24.3 Å². The van der Waals surface area contributed by atoms with Crippen molar-refractivity contribution < 1.29 is 14.3 Å². The highest BCUT2D eigenvalue weighted by molar-refractivity contribution is 5.93. The standard InChI is InChI=1S/C25H24N2O4/c1-30-18-14-17(15-19(16-18)31-2)26-24(28)12-7-13-27-22-10-5-3-8-20(22)25(29)21-9-4-6-11-23(21)27/h3-6,8-11,14-16H,7,12-13H2,1-2H3,(H,26,28). The van der Waals surface area contributed by atoms with Crippen molar-refractivity contribution in [3.05, 3.63) is 77.0 Å². The van der Waals surface area contributed by atoms with Crippen LogP contribution in [0.4, 0.5) is 5.69 Å². The molecule has 4 rings (SSSR count). The number of hydrogen-bond acceptors (Lipinski definition) is 4. The van der Waals surface area contributed by atoms with Gasteiger partial charge in [0, 0.05) is 47.6 Å². The molecule has 4 aromatic rings. The Labute approximate surface area is 180 Å². The summed E-state index contributed by atoms with van der Waals surface area (Å²) in [6, 6.07) is 20.5. The van der Waals surface area contributed by atoms with Crippen LogP contribution in [0.5, 0.6) is 11.5 Å². The van der Waals surface area contributed by atoms with Crippen LogP contribution in [0.25, 0.3) is 21.8 Å². The molecule has 0 aliphatic carbocycles. The lowest BCUT2D eigenvalue weighted by Crippen LogP contribution is -2.15. The van der Waals surface area contributed by atoms with E-state index in [4.69, 9.17) is 9.47 Å². The summed E-state index contributed by atoms with van der Waals surface area (Å²) in [7, 11) is 3.14. The number of nitrogens with one attached hydrogen (secondary N) is 1. The maximum atomic E-state index is 12.8. The molecule has 0 saturated carbocycles. The van der Waals surface area contributed by atoms with Gasteiger partial charge in [-0.2, -0.15) is 0 Å². The maximum Gasteiger partial charge on any atom is 0.224 e. The number of pyridine rings is 1. The van der Waals surface area contributed by atoms with Crippen LogP contribution in [-0.2, 0) is 11.3 Å². The molecule has 158 valence electrons. The fraction of sp³-hybridized carbons (Fsp3) is 0.200. The number of carbonyl (C=O) groups is 1. The molecule has 0 aliphatic heterocycles. The summed E-state index contributed by atoms with van der Waals surface area (Å²) in [6.07, 6.45) is 0.970. The molecule has 0 aliphatic rings. The molecule has 1 N–H and O–H groups in total. The third-order valence-corrected chi connectivity index (χ3v) is 5.30. The first-order valence-electron chi connectivity index (χ1n) is 10.1. The number of aromatic nitrogens is 1. The first-order valence-corrected chi connectivity index (χ1v) is 10.1. The quantitative estimate of drug-likeness (QED) is 0.448. The first-order chi connectivity index (χ1) is 15.1. The third kappa shape index (κ3) is 4.23. The molecule has 0 bridgehead atoms. The Morgan fingerprint density at radius 2 is 1.42 bits per heavy atom. The average molecular weight is 416 g/mol. The molecule has 0 saturated heterocycles. The predicted molar refractivity (Wildman–Crippen MR) is 123 cm³/mol. The van der Waals surface area contributed by atoms with E-state index < -0.39 is 0 Å². The zero-order chi connectivity index (χ0) is 21.8. The molecule has 0 spiro atoms. The van der Waals surface area contributed by atoms with Crippen LogP contribution in [0.1, 0.15) is 12.8 Å². The summed E-state index contributed by atoms with van der Waals surface area (Å²) in [5.41, 5.74) is 2.42. The molecular weight excluding hydrogens is 392 g/mol. The van der Waals surface area contributed by atoms with Gasteiger partial charge < -0.3 is 19.4 Å². The van der Waals surface area contributed by atoms with Gasteiger partial charge in [0.2, 0.25) is 5.91 Å². The minimum atomic E-state index is -0.0926. The van der Waals surface area contributed by atoms with E-state index in [-0.39, 0.29) is 11.3 Å². The number of aryl methyl sites for hydroxylation is 1. The van der Waals surface area contributed by atoms with E-state index in [1.165, 1.54) is 0 Å². The van der Waals surface area contributed by atoms with Crippen LogP contribution in [0.3, 0.4) is 0 Å². The van der Waals surface area contributed by atoms with Crippen LogP contribution in [0.15, 0.2) is 71.5 Å². The summed E-state index contributed by atoms with van der Waals surface area (Å²) >= 11 is 0. The van der Waals surface area contributed by atoms with Crippen LogP contribution in [-0.4, -0.2) is 24.7 Å². The van der Waals surface area contributed by atoms with Gasteiger partial charge >= 0.3 is 0 Å². The van der Waals surface area contributed by atoms with Gasteiger partial charge in [-0.15, -0.1) is 0 Å². The second kappa shape index (κ2) is 8.92. The fourth-order valence-corrected chi connectivity index (χ4v) is 3.82. The van der Waals surface area contributed by atoms with E-state index in [1.807, 2.05) is 48.5 Å². The van der Waals surface area contributed by atoms with E-state index in [0.717, 1.165) is 11.0 Å². The van der Waals surface area contributed by atoms with Crippen molar-refractivity contribution in [3.8, 4) is 11.5 Å². The zero-order valence-corrected chi connectivity index (χ0v) is 17.6. The minimum Gasteiger partial charge on any atom is -0.497 e. The number of ether oxygens (including phenoxy) is 2. The van der Waals surface area contributed by atoms with Crippen molar-refractivity contribution in [2.75, 3.05) is 19.5 Å². The van der Waals surface area contributed by atoms with Crippen molar-refractivity contribution in [2.24, 2.45) is 0 Å². The Kier molecular flexibility index (Phi) is 5.89. The molecule has 1 aromatic heterocycles. The zero-order valence-electron chi connectivity index (χ0n) is 17.6. The summed E-state index contributed by atoms with van der Waals surface area (Å²) in [6.45, 7) is 0.621. The summed E-state index contributed by atoms with van der Waals surface area (Å²) in [5.74, 6) is 1.13. The molecule has 31 heavy (non-hydrogen) atoms. The fourth-order valence-electron chi connectivity index (χ4n) is 3.82. The highest BCUT2D eigenvalue weighted by Crippen LogP contribution is 2.26. The van der Waals surface area contributed by atoms with Gasteiger partial charge in [0.25, 0.3) is 0 Å². The molecule has 6 nitrogen and oxygen atoms in total. The first kappa shape index (κ1) is 20.5. The molecule has 0 fully saturated rings. The predicted octanol–water partition coefficient (Wildman–Crippen LogP) is 4.59. The molecule has 1 heterocycles. The summed E-state index contributed by atoms with van der Waals surface area (Å²) in [4.78, 5) is 25.4. The summed E-state index contributed by atoms with van der Waals surface area (Å²) < 4.78 is 12.6. The lowest BCUT2D eigenvalue weighted by Gasteiger charge is -2.15. The van der Waals surface area contributed by atoms with Crippen LogP contribution in [0.2, 0.25) is 0 Å². The van der Waals surface area contributed by atoms with Crippen LogP contribution >= 0.6 is 0 Å². The molecule has 0 unspecified atom stereocenters. The van der Waals surface area contributed by atoms with Crippen molar-refractivity contribution in [3.63, 3.8) is 0 Å². The smallest absolute Gasteiger partial charge is 0.224 e. The van der Waals surface area contributed by atoms with Crippen molar-refractivity contribution in [2.45, 2.75) is 19.4 Å². The van der Waals surface area contributed by atoms with Gasteiger partial charge in [0.15, 0.2) is 5.43 Å². The number of anilines is 1. The van der Waals surface area contributed by atoms with Crippen LogP contribution < -0.4 is 20.2 Å². The molecule has 0 atom stereocenters. The van der Waals surface area contributed by atoms with E-state index in [0.29, 0.717) is 47.3 Å². The number of benzene rings is 3.